The average Bonchev–Trinajstić information content (AvgIpc) is 2.68. The number of nitrogens with zero attached hydrogens (tertiary/aromatic N) is 2. The van der Waals surface area contributed by atoms with Gasteiger partial charge in [0.05, 0.1) is 17.0 Å². The number of rotatable bonds is 8. The smallest absolute Gasteiger partial charge is 0.244 e. The van der Waals surface area contributed by atoms with Crippen molar-refractivity contribution in [3.05, 3.63) is 64.7 Å². The Balaban J connectivity index is 2.42. The summed E-state index contributed by atoms with van der Waals surface area (Å²) in [6.07, 6.45) is 1.02. The summed E-state index contributed by atoms with van der Waals surface area (Å²) in [6.45, 7) is 8.80. The first-order valence-corrected chi connectivity index (χ1v) is 12.8. The fourth-order valence-corrected chi connectivity index (χ4v) is 4.46. The lowest BCUT2D eigenvalue weighted by Gasteiger charge is -2.33. The number of sulfonamides is 1. The summed E-state index contributed by atoms with van der Waals surface area (Å²) in [5.41, 5.74) is 1.57. The van der Waals surface area contributed by atoms with Crippen LogP contribution in [0.15, 0.2) is 48.5 Å². The number of benzene rings is 2. The van der Waals surface area contributed by atoms with Crippen molar-refractivity contribution in [3.8, 4) is 0 Å². The van der Waals surface area contributed by atoms with Gasteiger partial charge in [-0.1, -0.05) is 53.6 Å². The maximum atomic E-state index is 13.5. The van der Waals surface area contributed by atoms with Crippen molar-refractivity contribution in [2.75, 3.05) is 17.1 Å². The first kappa shape index (κ1) is 26.7. The van der Waals surface area contributed by atoms with Gasteiger partial charge < -0.3 is 10.2 Å². The van der Waals surface area contributed by atoms with E-state index < -0.39 is 34.1 Å². The molecule has 0 fully saturated rings. The van der Waals surface area contributed by atoms with Crippen LogP contribution >= 0.6 is 11.6 Å². The second-order valence-electron chi connectivity index (χ2n) is 9.15. The number of nitrogens with one attached hydrogen (secondary N) is 1. The van der Waals surface area contributed by atoms with E-state index in [0.717, 1.165) is 21.7 Å². The topological polar surface area (TPSA) is 86.8 Å². The van der Waals surface area contributed by atoms with Crippen molar-refractivity contribution in [2.24, 2.45) is 0 Å². The van der Waals surface area contributed by atoms with Gasteiger partial charge in [0.2, 0.25) is 21.8 Å². The summed E-state index contributed by atoms with van der Waals surface area (Å²) in [4.78, 5) is 27.8. The predicted octanol–water partition coefficient (Wildman–Crippen LogP) is 3.75. The Morgan fingerprint density at radius 1 is 1.09 bits per heavy atom. The molecule has 0 saturated carbocycles. The quantitative estimate of drug-likeness (QED) is 0.606. The molecule has 1 atom stereocenters. The van der Waals surface area contributed by atoms with E-state index in [1.54, 1.807) is 25.1 Å². The van der Waals surface area contributed by atoms with Crippen LogP contribution in [0.25, 0.3) is 0 Å². The molecule has 0 spiro atoms. The normalized spacial score (nSPS) is 12.7. The van der Waals surface area contributed by atoms with E-state index in [4.69, 9.17) is 11.6 Å². The molecule has 2 aromatic carbocycles. The Labute approximate surface area is 201 Å². The Hall–Kier alpha value is -2.58. The highest BCUT2D eigenvalue weighted by atomic mass is 35.5. The molecule has 7 nitrogen and oxygen atoms in total. The third kappa shape index (κ3) is 7.75. The summed E-state index contributed by atoms with van der Waals surface area (Å²) < 4.78 is 26.1. The second kappa shape index (κ2) is 10.6. The lowest BCUT2D eigenvalue weighted by Crippen LogP contribution is -2.54. The van der Waals surface area contributed by atoms with Crippen LogP contribution in [-0.2, 0) is 26.2 Å². The number of para-hydroxylation sites is 1. The first-order chi connectivity index (χ1) is 15.2. The number of carbonyl (C=O) groups is 2. The molecule has 0 aliphatic carbocycles. The lowest BCUT2D eigenvalue weighted by atomic mass is 10.1. The minimum Gasteiger partial charge on any atom is -0.350 e. The van der Waals surface area contributed by atoms with E-state index in [1.165, 1.54) is 11.0 Å². The monoisotopic (exact) mass is 493 g/mol. The lowest BCUT2D eigenvalue weighted by molar-refractivity contribution is -0.140. The number of hydrogen-bond acceptors (Lipinski definition) is 4. The Morgan fingerprint density at radius 3 is 2.27 bits per heavy atom. The van der Waals surface area contributed by atoms with Crippen LogP contribution in [0.3, 0.4) is 0 Å². The van der Waals surface area contributed by atoms with Gasteiger partial charge in [0.1, 0.15) is 12.6 Å². The van der Waals surface area contributed by atoms with Gasteiger partial charge in [0, 0.05) is 12.1 Å². The van der Waals surface area contributed by atoms with Gasteiger partial charge in [0.15, 0.2) is 0 Å². The van der Waals surface area contributed by atoms with Crippen LogP contribution < -0.4 is 9.62 Å². The molecular formula is C24H32ClN3O4S. The summed E-state index contributed by atoms with van der Waals surface area (Å²) in [5, 5.41) is 3.10. The maximum absolute atomic E-state index is 13.5. The second-order valence-corrected chi connectivity index (χ2v) is 11.5. The Kier molecular flexibility index (Phi) is 8.54. The van der Waals surface area contributed by atoms with Gasteiger partial charge in [-0.3, -0.25) is 13.9 Å². The van der Waals surface area contributed by atoms with Crippen LogP contribution in [0.1, 0.15) is 38.8 Å². The molecular weight excluding hydrogens is 462 g/mol. The van der Waals surface area contributed by atoms with Crippen LogP contribution in [0.5, 0.6) is 0 Å². The number of hydrogen-bond donors (Lipinski definition) is 1. The zero-order chi connectivity index (χ0) is 25.0. The molecule has 1 N–H and O–H groups in total. The zero-order valence-electron chi connectivity index (χ0n) is 19.9. The number of halogens is 1. The van der Waals surface area contributed by atoms with Gasteiger partial charge in [-0.25, -0.2) is 8.42 Å². The summed E-state index contributed by atoms with van der Waals surface area (Å²) in [5.74, 6) is -0.842. The fraction of sp³-hybridized carbons (Fsp3) is 0.417. The molecule has 9 heteroatoms. The van der Waals surface area contributed by atoms with Crippen molar-refractivity contribution in [1.82, 2.24) is 10.2 Å². The number of carbonyl (C=O) groups excluding carboxylic acids is 2. The minimum absolute atomic E-state index is 0.152. The van der Waals surface area contributed by atoms with Gasteiger partial charge in [-0.2, -0.15) is 0 Å². The van der Waals surface area contributed by atoms with Gasteiger partial charge >= 0.3 is 0 Å². The Bertz CT molecular complexity index is 1110. The van der Waals surface area contributed by atoms with Crippen molar-refractivity contribution >= 4 is 39.1 Å². The van der Waals surface area contributed by atoms with E-state index in [1.807, 2.05) is 52.0 Å². The number of amides is 2. The van der Waals surface area contributed by atoms with E-state index >= 15 is 0 Å². The zero-order valence-corrected chi connectivity index (χ0v) is 21.5. The molecule has 0 radical (unpaired) electrons. The summed E-state index contributed by atoms with van der Waals surface area (Å²) >= 11 is 6.23. The van der Waals surface area contributed by atoms with Crippen molar-refractivity contribution in [3.63, 3.8) is 0 Å². The minimum atomic E-state index is -3.82. The molecule has 0 aromatic heterocycles. The third-order valence-corrected chi connectivity index (χ3v) is 6.35. The number of aryl methyl sites for hydroxylation is 1. The standard InChI is InChI=1S/C24H32ClN3O4S/c1-17-10-9-11-19(14-17)15-27(18(2)23(30)26-24(3,4)5)22(29)16-28(33(6,31)32)21-13-8-7-12-20(21)25/h7-14,18H,15-16H2,1-6H3,(H,26,30)/t18-/m1/s1. The fourth-order valence-electron chi connectivity index (χ4n) is 3.31. The molecule has 0 bridgehead atoms. The highest BCUT2D eigenvalue weighted by Crippen LogP contribution is 2.27. The predicted molar refractivity (Wildman–Crippen MR) is 133 cm³/mol. The van der Waals surface area contributed by atoms with Gasteiger partial charge in [-0.15, -0.1) is 0 Å². The molecule has 0 saturated heterocycles. The van der Waals surface area contributed by atoms with E-state index in [9.17, 15) is 18.0 Å². The SMILES string of the molecule is Cc1cccc(CN(C(=O)CN(c2ccccc2Cl)S(C)(=O)=O)[C@H](C)C(=O)NC(C)(C)C)c1. The maximum Gasteiger partial charge on any atom is 0.244 e. The van der Waals surface area contributed by atoms with E-state index in [-0.39, 0.29) is 23.2 Å². The van der Waals surface area contributed by atoms with Gasteiger partial charge in [0.25, 0.3) is 0 Å². The molecule has 33 heavy (non-hydrogen) atoms. The van der Waals surface area contributed by atoms with E-state index in [0.29, 0.717) is 0 Å². The highest BCUT2D eigenvalue weighted by molar-refractivity contribution is 7.92. The van der Waals surface area contributed by atoms with Crippen LogP contribution in [0.4, 0.5) is 5.69 Å². The largest absolute Gasteiger partial charge is 0.350 e. The molecule has 0 aliphatic heterocycles. The van der Waals surface area contributed by atoms with Crippen molar-refractivity contribution in [2.45, 2.75) is 52.7 Å². The van der Waals surface area contributed by atoms with Gasteiger partial charge in [-0.05, 0) is 52.3 Å². The molecule has 2 rings (SSSR count). The molecule has 180 valence electrons. The first-order valence-electron chi connectivity index (χ1n) is 10.6. The van der Waals surface area contributed by atoms with Crippen LogP contribution in [0, 0.1) is 6.92 Å². The highest BCUT2D eigenvalue weighted by Gasteiger charge is 2.31. The number of anilines is 1. The molecule has 2 aromatic rings. The molecule has 0 unspecified atom stereocenters. The molecule has 2 amide bonds. The summed E-state index contributed by atoms with van der Waals surface area (Å²) in [6, 6.07) is 13.2. The summed E-state index contributed by atoms with van der Waals surface area (Å²) in [7, 11) is -3.82. The molecule has 0 aliphatic rings. The van der Waals surface area contributed by atoms with Crippen molar-refractivity contribution in [1.29, 1.82) is 0 Å². The van der Waals surface area contributed by atoms with Crippen LogP contribution in [0.2, 0.25) is 5.02 Å². The van der Waals surface area contributed by atoms with Crippen LogP contribution in [-0.4, -0.2) is 49.5 Å². The average molecular weight is 494 g/mol. The third-order valence-electron chi connectivity index (χ3n) is 4.90. The Morgan fingerprint density at radius 2 is 1.73 bits per heavy atom. The van der Waals surface area contributed by atoms with Crippen molar-refractivity contribution < 1.29 is 18.0 Å². The van der Waals surface area contributed by atoms with E-state index in [2.05, 4.69) is 5.32 Å². The molecule has 0 heterocycles.